The van der Waals surface area contributed by atoms with Crippen molar-refractivity contribution in [2.75, 3.05) is 13.7 Å². The molecule has 0 spiro atoms. The number of esters is 1. The van der Waals surface area contributed by atoms with Crippen LogP contribution in [-0.4, -0.2) is 36.7 Å². The normalized spacial score (nSPS) is 19.7. The van der Waals surface area contributed by atoms with Gasteiger partial charge in [0, 0.05) is 29.3 Å². The van der Waals surface area contributed by atoms with E-state index in [1.54, 1.807) is 33.1 Å². The van der Waals surface area contributed by atoms with Crippen LogP contribution in [0.25, 0.3) is 0 Å². The summed E-state index contributed by atoms with van der Waals surface area (Å²) >= 11 is 0. The summed E-state index contributed by atoms with van der Waals surface area (Å²) in [6.07, 6.45) is 0.643. The van der Waals surface area contributed by atoms with E-state index < -0.39 is 11.9 Å². The molecule has 2 N–H and O–H groups in total. The fraction of sp³-hybridized carbons (Fsp3) is 0.379. The number of rotatable bonds is 7. The predicted octanol–water partition coefficient (Wildman–Crippen LogP) is 5.11. The van der Waals surface area contributed by atoms with E-state index in [9.17, 15) is 14.7 Å². The van der Waals surface area contributed by atoms with E-state index in [-0.39, 0.29) is 23.6 Å². The number of dihydropyridines is 1. The van der Waals surface area contributed by atoms with E-state index in [0.29, 0.717) is 47.6 Å². The number of allylic oxidation sites excluding steroid dienone is 3. The van der Waals surface area contributed by atoms with Crippen molar-refractivity contribution in [1.82, 2.24) is 5.32 Å². The van der Waals surface area contributed by atoms with Gasteiger partial charge in [-0.15, -0.1) is 0 Å². The smallest absolute Gasteiger partial charge is 0.337 e. The lowest BCUT2D eigenvalue weighted by Gasteiger charge is -2.37. The van der Waals surface area contributed by atoms with E-state index >= 15 is 0 Å². The summed E-state index contributed by atoms with van der Waals surface area (Å²) in [4.78, 5) is 27.0. The highest BCUT2D eigenvalue weighted by atomic mass is 16.5. The van der Waals surface area contributed by atoms with Crippen LogP contribution >= 0.6 is 0 Å². The largest absolute Gasteiger partial charge is 0.504 e. The second-order valence-corrected chi connectivity index (χ2v) is 9.40. The van der Waals surface area contributed by atoms with Gasteiger partial charge in [-0.2, -0.15) is 0 Å². The van der Waals surface area contributed by atoms with Gasteiger partial charge in [0.1, 0.15) is 5.75 Å². The van der Waals surface area contributed by atoms with Gasteiger partial charge in [-0.25, -0.2) is 4.79 Å². The molecule has 0 aromatic heterocycles. The monoisotopic (exact) mass is 491 g/mol. The fourth-order valence-electron chi connectivity index (χ4n) is 5.01. The quantitative estimate of drug-likeness (QED) is 0.520. The van der Waals surface area contributed by atoms with Crippen molar-refractivity contribution in [3.05, 3.63) is 76.1 Å². The predicted molar refractivity (Wildman–Crippen MR) is 136 cm³/mol. The Morgan fingerprint density at radius 1 is 1.11 bits per heavy atom. The van der Waals surface area contributed by atoms with Crippen molar-refractivity contribution in [3.8, 4) is 17.2 Å². The number of carbonyl (C=O) groups is 2. The van der Waals surface area contributed by atoms with Crippen molar-refractivity contribution < 1.29 is 28.9 Å². The minimum Gasteiger partial charge on any atom is -0.504 e. The highest BCUT2D eigenvalue weighted by molar-refractivity contribution is 6.04. The zero-order valence-corrected chi connectivity index (χ0v) is 21.4. The zero-order chi connectivity index (χ0) is 26.0. The summed E-state index contributed by atoms with van der Waals surface area (Å²) < 4.78 is 16.5. The molecule has 7 heteroatoms. The van der Waals surface area contributed by atoms with Crippen LogP contribution in [0, 0.1) is 0 Å². The molecule has 0 amide bonds. The highest BCUT2D eigenvalue weighted by Gasteiger charge is 2.41. The van der Waals surface area contributed by atoms with Crippen LogP contribution in [0.1, 0.15) is 63.5 Å². The molecule has 0 unspecified atom stereocenters. The Labute approximate surface area is 211 Å². The molecular weight excluding hydrogens is 458 g/mol. The third-order valence-corrected chi connectivity index (χ3v) is 6.59. The molecule has 0 saturated carbocycles. The van der Waals surface area contributed by atoms with Crippen LogP contribution in [-0.2, 0) is 14.3 Å². The van der Waals surface area contributed by atoms with Crippen molar-refractivity contribution in [2.45, 2.75) is 58.5 Å². The van der Waals surface area contributed by atoms with Gasteiger partial charge in [0.05, 0.1) is 25.4 Å². The maximum atomic E-state index is 13.7. The molecule has 1 aliphatic carbocycles. The topological polar surface area (TPSA) is 94.1 Å². The lowest BCUT2D eigenvalue weighted by atomic mass is 9.71. The van der Waals surface area contributed by atoms with Crippen molar-refractivity contribution in [2.24, 2.45) is 0 Å². The maximum absolute atomic E-state index is 13.7. The molecule has 0 radical (unpaired) electrons. The lowest BCUT2D eigenvalue weighted by molar-refractivity contribution is -0.143. The molecule has 2 atom stereocenters. The minimum absolute atomic E-state index is 0.00489. The standard InChI is InChI=1S/C29H33NO6/c1-6-35-25-15-19(9-12-23(25)31)27-26(29(33)36-16(2)3)17(4)30-22-13-20(14-24(32)28(22)27)18-7-10-21(34-5)11-8-18/h7-12,15-16,20,27,30-31H,6,13-14H2,1-5H3/t20-,27-/m0/s1. The second-order valence-electron chi connectivity index (χ2n) is 9.40. The Bertz CT molecular complexity index is 1220. The number of nitrogens with one attached hydrogen (secondary N) is 1. The van der Waals surface area contributed by atoms with E-state index in [1.165, 1.54) is 6.07 Å². The summed E-state index contributed by atoms with van der Waals surface area (Å²) in [6, 6.07) is 12.8. The molecule has 0 bridgehead atoms. The molecule has 7 nitrogen and oxygen atoms in total. The molecule has 1 heterocycles. The fourth-order valence-corrected chi connectivity index (χ4v) is 5.01. The van der Waals surface area contributed by atoms with E-state index in [2.05, 4.69) is 5.32 Å². The lowest BCUT2D eigenvalue weighted by Crippen LogP contribution is -2.36. The number of carbonyl (C=O) groups excluding carboxylic acids is 2. The van der Waals surface area contributed by atoms with E-state index in [1.807, 2.05) is 38.1 Å². The first-order valence-corrected chi connectivity index (χ1v) is 12.3. The van der Waals surface area contributed by atoms with Gasteiger partial charge in [0.25, 0.3) is 0 Å². The first-order chi connectivity index (χ1) is 17.2. The van der Waals surface area contributed by atoms with Crippen molar-refractivity contribution in [1.29, 1.82) is 0 Å². The Morgan fingerprint density at radius 3 is 2.44 bits per heavy atom. The van der Waals surface area contributed by atoms with Gasteiger partial charge in [-0.3, -0.25) is 4.79 Å². The number of benzene rings is 2. The molecule has 2 aliphatic rings. The molecule has 2 aromatic rings. The van der Waals surface area contributed by atoms with Crippen LogP contribution in [0.4, 0.5) is 0 Å². The molecule has 2 aromatic carbocycles. The summed E-state index contributed by atoms with van der Waals surface area (Å²) in [7, 11) is 1.62. The Kier molecular flexibility index (Phi) is 7.38. The highest BCUT2D eigenvalue weighted by Crippen LogP contribution is 2.47. The van der Waals surface area contributed by atoms with Gasteiger partial charge in [-0.05, 0) is 75.4 Å². The molecule has 0 fully saturated rings. The summed E-state index contributed by atoms with van der Waals surface area (Å²) in [5, 5.41) is 13.6. The molecule has 1 aliphatic heterocycles. The molecular formula is C29H33NO6. The van der Waals surface area contributed by atoms with Crippen LogP contribution in [0.15, 0.2) is 65.0 Å². The van der Waals surface area contributed by atoms with Crippen LogP contribution < -0.4 is 14.8 Å². The van der Waals surface area contributed by atoms with Crippen molar-refractivity contribution in [3.63, 3.8) is 0 Å². The SMILES string of the molecule is CCOc1cc([C@H]2C(C(=O)OC(C)C)=C(C)NC3=C2C(=O)C[C@@H](c2ccc(OC)cc2)C3)ccc1O. The van der Waals surface area contributed by atoms with Crippen LogP contribution in [0.3, 0.4) is 0 Å². The molecule has 0 saturated heterocycles. The maximum Gasteiger partial charge on any atom is 0.337 e. The van der Waals surface area contributed by atoms with Gasteiger partial charge in [0.15, 0.2) is 17.3 Å². The summed E-state index contributed by atoms with van der Waals surface area (Å²) in [5.74, 6) is -0.0379. The number of phenols is 1. The summed E-state index contributed by atoms with van der Waals surface area (Å²) in [5.41, 5.74) is 4.17. The minimum atomic E-state index is -0.628. The number of methoxy groups -OCH3 is 1. The van der Waals surface area contributed by atoms with E-state index in [4.69, 9.17) is 14.2 Å². The van der Waals surface area contributed by atoms with E-state index in [0.717, 1.165) is 17.0 Å². The first-order valence-electron chi connectivity index (χ1n) is 12.3. The third kappa shape index (κ3) is 4.96. The molecule has 190 valence electrons. The second kappa shape index (κ2) is 10.5. The zero-order valence-electron chi connectivity index (χ0n) is 21.4. The molecule has 4 rings (SSSR count). The Hall–Kier alpha value is -3.74. The average molecular weight is 492 g/mol. The van der Waals surface area contributed by atoms with Crippen LogP contribution in [0.2, 0.25) is 0 Å². The van der Waals surface area contributed by atoms with Gasteiger partial charge >= 0.3 is 5.97 Å². The number of phenolic OH excluding ortho intramolecular Hbond substituents is 1. The van der Waals surface area contributed by atoms with Crippen molar-refractivity contribution >= 4 is 11.8 Å². The average Bonchev–Trinajstić information content (AvgIpc) is 2.84. The van der Waals surface area contributed by atoms with Gasteiger partial charge in [-0.1, -0.05) is 18.2 Å². The van der Waals surface area contributed by atoms with Gasteiger partial charge in [0.2, 0.25) is 0 Å². The van der Waals surface area contributed by atoms with Crippen LogP contribution in [0.5, 0.6) is 17.2 Å². The number of hydrogen-bond donors (Lipinski definition) is 2. The summed E-state index contributed by atoms with van der Waals surface area (Å²) in [6.45, 7) is 7.62. The van der Waals surface area contributed by atoms with Gasteiger partial charge < -0.3 is 24.6 Å². The molecule has 36 heavy (non-hydrogen) atoms. The number of ether oxygens (including phenoxy) is 3. The third-order valence-electron chi connectivity index (χ3n) is 6.59. The first kappa shape index (κ1) is 25.4. The number of hydrogen-bond acceptors (Lipinski definition) is 7. The Morgan fingerprint density at radius 2 is 1.81 bits per heavy atom. The number of ketones is 1. The number of aromatic hydroxyl groups is 1. The number of Topliss-reactive ketones (excluding diaryl/α,β-unsaturated/α-hetero) is 1. The Balaban J connectivity index is 1.79.